The number of aromatic nitrogens is 1. The fourth-order valence-electron chi connectivity index (χ4n) is 2.67. The Balaban J connectivity index is 1.88. The highest BCUT2D eigenvalue weighted by Gasteiger charge is 2.27. The molecule has 6 nitrogen and oxygen atoms in total. The zero-order chi connectivity index (χ0) is 17.1. The van der Waals surface area contributed by atoms with Gasteiger partial charge in [0.2, 0.25) is 0 Å². The smallest absolute Gasteiger partial charge is 0.303 e. The Kier molecular flexibility index (Phi) is 4.64. The van der Waals surface area contributed by atoms with E-state index in [0.29, 0.717) is 30.2 Å². The minimum absolute atomic E-state index is 0.0402. The quantitative estimate of drug-likeness (QED) is 0.763. The molecule has 1 fully saturated rings. The highest BCUT2D eigenvalue weighted by atomic mass is 16.5. The lowest BCUT2D eigenvalue weighted by Gasteiger charge is -2.11. The van der Waals surface area contributed by atoms with Crippen LogP contribution in [-0.2, 0) is 4.79 Å². The lowest BCUT2D eigenvalue weighted by molar-refractivity contribution is -0.137. The summed E-state index contributed by atoms with van der Waals surface area (Å²) in [6.45, 7) is 0.331. The number of rotatable bonds is 7. The molecule has 0 radical (unpaired) electrons. The van der Waals surface area contributed by atoms with E-state index in [1.807, 2.05) is 24.3 Å². The van der Waals surface area contributed by atoms with E-state index in [9.17, 15) is 9.59 Å². The van der Waals surface area contributed by atoms with Crippen molar-refractivity contribution in [3.05, 3.63) is 35.5 Å². The molecule has 1 aromatic carbocycles. The second kappa shape index (κ2) is 6.86. The number of carboxylic acid groups (broad SMARTS) is 1. The van der Waals surface area contributed by atoms with Crippen LogP contribution in [-0.4, -0.2) is 35.6 Å². The molecule has 0 spiro atoms. The maximum Gasteiger partial charge on any atom is 0.303 e. The molecule has 0 atom stereocenters. The molecule has 1 amide bonds. The number of ether oxygens (including phenoxy) is 1. The summed E-state index contributed by atoms with van der Waals surface area (Å²) in [7, 11) is 1.58. The van der Waals surface area contributed by atoms with E-state index in [-0.39, 0.29) is 12.3 Å². The summed E-state index contributed by atoms with van der Waals surface area (Å²) < 4.78 is 5.25. The molecule has 1 aliphatic rings. The number of benzene rings is 1. The summed E-state index contributed by atoms with van der Waals surface area (Å²) in [4.78, 5) is 27.8. The molecule has 126 valence electrons. The monoisotopic (exact) mass is 328 g/mol. The van der Waals surface area contributed by atoms with Gasteiger partial charge in [0, 0.05) is 30.0 Å². The van der Waals surface area contributed by atoms with Crippen LogP contribution in [0, 0.1) is 0 Å². The molecular weight excluding hydrogens is 308 g/mol. The van der Waals surface area contributed by atoms with Gasteiger partial charge in [-0.3, -0.25) is 14.6 Å². The van der Waals surface area contributed by atoms with Gasteiger partial charge in [0.15, 0.2) is 0 Å². The van der Waals surface area contributed by atoms with Gasteiger partial charge < -0.3 is 15.2 Å². The molecule has 2 N–H and O–H groups in total. The van der Waals surface area contributed by atoms with Crippen molar-refractivity contribution in [1.82, 2.24) is 10.3 Å². The lowest BCUT2D eigenvalue weighted by atomic mass is 10.0. The third-order valence-corrected chi connectivity index (χ3v) is 4.13. The molecule has 1 aliphatic carbocycles. The first-order valence-electron chi connectivity index (χ1n) is 8.07. The molecule has 0 aliphatic heterocycles. The van der Waals surface area contributed by atoms with E-state index < -0.39 is 5.97 Å². The number of pyridine rings is 1. The van der Waals surface area contributed by atoms with Crippen LogP contribution in [0.5, 0.6) is 5.75 Å². The Morgan fingerprint density at radius 1 is 1.33 bits per heavy atom. The topological polar surface area (TPSA) is 88.5 Å². The van der Waals surface area contributed by atoms with Crippen molar-refractivity contribution < 1.29 is 19.4 Å². The number of nitrogens with zero attached hydrogens (tertiary/aromatic N) is 1. The van der Waals surface area contributed by atoms with Gasteiger partial charge in [-0.1, -0.05) is 0 Å². The predicted molar refractivity (Wildman–Crippen MR) is 89.5 cm³/mol. The number of fused-ring (bicyclic) bond motifs is 1. The standard InChI is InChI=1S/C18H20N2O4/c1-24-12-6-7-15-13(9-12)14(10-16(20-15)11-4-5-11)18(23)19-8-2-3-17(21)22/h6-7,9-11H,2-5,8H2,1H3,(H,19,23)(H,21,22). The van der Waals surface area contributed by atoms with E-state index in [2.05, 4.69) is 10.3 Å². The second-order valence-corrected chi connectivity index (χ2v) is 6.01. The van der Waals surface area contributed by atoms with Gasteiger partial charge in [0.05, 0.1) is 18.2 Å². The van der Waals surface area contributed by atoms with Crippen molar-refractivity contribution in [2.45, 2.75) is 31.6 Å². The molecule has 0 unspecified atom stereocenters. The first-order valence-corrected chi connectivity index (χ1v) is 8.07. The van der Waals surface area contributed by atoms with Gasteiger partial charge in [0.25, 0.3) is 5.91 Å². The largest absolute Gasteiger partial charge is 0.497 e. The second-order valence-electron chi connectivity index (χ2n) is 6.01. The van der Waals surface area contributed by atoms with Crippen LogP contribution in [0.3, 0.4) is 0 Å². The van der Waals surface area contributed by atoms with Gasteiger partial charge >= 0.3 is 5.97 Å². The van der Waals surface area contributed by atoms with Gasteiger partial charge in [-0.15, -0.1) is 0 Å². The number of amides is 1. The van der Waals surface area contributed by atoms with Crippen molar-refractivity contribution in [3.8, 4) is 5.75 Å². The zero-order valence-corrected chi connectivity index (χ0v) is 13.5. The summed E-state index contributed by atoms with van der Waals surface area (Å²) in [5.41, 5.74) is 2.29. The van der Waals surface area contributed by atoms with Gasteiger partial charge in [-0.05, 0) is 43.5 Å². The summed E-state index contributed by atoms with van der Waals surface area (Å²) in [5.74, 6) is 0.0424. The third-order valence-electron chi connectivity index (χ3n) is 4.13. The van der Waals surface area contributed by atoms with Gasteiger partial charge in [0.1, 0.15) is 5.75 Å². The van der Waals surface area contributed by atoms with Crippen molar-refractivity contribution >= 4 is 22.8 Å². The van der Waals surface area contributed by atoms with Crippen molar-refractivity contribution in [2.75, 3.05) is 13.7 Å². The number of hydrogen-bond acceptors (Lipinski definition) is 4. The van der Waals surface area contributed by atoms with Crippen LogP contribution in [0.1, 0.15) is 47.7 Å². The molecule has 0 saturated heterocycles. The highest BCUT2D eigenvalue weighted by Crippen LogP contribution is 2.40. The molecule has 2 aromatic rings. The average Bonchev–Trinajstić information content (AvgIpc) is 3.41. The first kappa shape index (κ1) is 16.2. The van der Waals surface area contributed by atoms with Crippen LogP contribution in [0.2, 0.25) is 0 Å². The molecule has 24 heavy (non-hydrogen) atoms. The fraction of sp³-hybridized carbons (Fsp3) is 0.389. The number of nitrogens with one attached hydrogen (secondary N) is 1. The fourth-order valence-corrected chi connectivity index (χ4v) is 2.67. The Morgan fingerprint density at radius 2 is 2.12 bits per heavy atom. The average molecular weight is 328 g/mol. The van der Waals surface area contributed by atoms with Crippen molar-refractivity contribution in [1.29, 1.82) is 0 Å². The van der Waals surface area contributed by atoms with E-state index in [4.69, 9.17) is 9.84 Å². The molecule has 3 rings (SSSR count). The Bertz CT molecular complexity index is 784. The van der Waals surface area contributed by atoms with E-state index >= 15 is 0 Å². The molecule has 0 bridgehead atoms. The summed E-state index contributed by atoms with van der Waals surface area (Å²) in [6.07, 6.45) is 2.66. The van der Waals surface area contributed by atoms with Crippen molar-refractivity contribution in [2.24, 2.45) is 0 Å². The third kappa shape index (κ3) is 3.64. The number of carbonyl (C=O) groups excluding carboxylic acids is 1. The van der Waals surface area contributed by atoms with Crippen LogP contribution in [0.15, 0.2) is 24.3 Å². The summed E-state index contributed by atoms with van der Waals surface area (Å²) in [5, 5.41) is 12.2. The number of carbonyl (C=O) groups is 2. The number of methoxy groups -OCH3 is 1. The maximum absolute atomic E-state index is 12.6. The molecule has 1 saturated carbocycles. The van der Waals surface area contributed by atoms with Crippen LogP contribution < -0.4 is 10.1 Å². The Hall–Kier alpha value is -2.63. The minimum Gasteiger partial charge on any atom is -0.497 e. The molecule has 1 heterocycles. The van der Waals surface area contributed by atoms with Gasteiger partial charge in [-0.25, -0.2) is 0 Å². The number of aliphatic carboxylic acids is 1. The van der Waals surface area contributed by atoms with Crippen LogP contribution in [0.25, 0.3) is 10.9 Å². The summed E-state index contributed by atoms with van der Waals surface area (Å²) >= 11 is 0. The van der Waals surface area contributed by atoms with E-state index in [1.54, 1.807) is 7.11 Å². The van der Waals surface area contributed by atoms with Crippen molar-refractivity contribution in [3.63, 3.8) is 0 Å². The van der Waals surface area contributed by atoms with E-state index in [1.165, 1.54) is 0 Å². The van der Waals surface area contributed by atoms with Gasteiger partial charge in [-0.2, -0.15) is 0 Å². The number of hydrogen-bond donors (Lipinski definition) is 2. The zero-order valence-electron chi connectivity index (χ0n) is 13.5. The molecule has 1 aromatic heterocycles. The lowest BCUT2D eigenvalue weighted by Crippen LogP contribution is -2.25. The first-order chi connectivity index (χ1) is 11.6. The Morgan fingerprint density at radius 3 is 2.79 bits per heavy atom. The van der Waals surface area contributed by atoms with Crippen LogP contribution >= 0.6 is 0 Å². The van der Waals surface area contributed by atoms with Crippen LogP contribution in [0.4, 0.5) is 0 Å². The molecule has 6 heteroatoms. The SMILES string of the molecule is COc1ccc2nc(C3CC3)cc(C(=O)NCCCC(=O)O)c2c1. The minimum atomic E-state index is -0.862. The number of carboxylic acids is 1. The Labute approximate surface area is 139 Å². The predicted octanol–water partition coefficient (Wildman–Crippen LogP) is 2.72. The summed E-state index contributed by atoms with van der Waals surface area (Å²) in [6, 6.07) is 7.36. The maximum atomic E-state index is 12.6. The molecular formula is C18H20N2O4. The normalized spacial score (nSPS) is 13.7. The van der Waals surface area contributed by atoms with E-state index in [0.717, 1.165) is 29.4 Å². The highest BCUT2D eigenvalue weighted by molar-refractivity contribution is 6.06.